The monoisotopic (exact) mass is 314 g/mol. The molecule has 0 saturated carbocycles. The second-order valence-electron chi connectivity index (χ2n) is 3.69. The standard InChI is InChI=1S/C10H7ClN4O2S2/c11-7-1-2-8-6(3-7)4-9(18-8)19(16,17)15-10-12-5-13-14-10/h1-5H,(H2,12,13,14,15). The van der Waals surface area contributed by atoms with Crippen LogP contribution in [0.25, 0.3) is 10.1 Å². The van der Waals surface area contributed by atoms with Gasteiger partial charge in [-0.05, 0) is 29.7 Å². The topological polar surface area (TPSA) is 87.7 Å². The lowest BCUT2D eigenvalue weighted by Crippen LogP contribution is -2.12. The second-order valence-corrected chi connectivity index (χ2v) is 7.12. The lowest BCUT2D eigenvalue weighted by Gasteiger charge is -2.00. The van der Waals surface area contributed by atoms with Gasteiger partial charge < -0.3 is 0 Å². The summed E-state index contributed by atoms with van der Waals surface area (Å²) in [7, 11) is -3.67. The molecule has 19 heavy (non-hydrogen) atoms. The molecule has 2 aromatic heterocycles. The minimum atomic E-state index is -3.67. The van der Waals surface area contributed by atoms with Crippen molar-refractivity contribution in [3.63, 3.8) is 0 Å². The molecule has 0 radical (unpaired) electrons. The summed E-state index contributed by atoms with van der Waals surface area (Å²) in [4.78, 5) is 3.72. The van der Waals surface area contributed by atoms with Gasteiger partial charge in [0.1, 0.15) is 10.5 Å². The molecular formula is C10H7ClN4O2S2. The Morgan fingerprint density at radius 2 is 2.16 bits per heavy atom. The van der Waals surface area contributed by atoms with Crippen LogP contribution in [0.2, 0.25) is 5.02 Å². The molecule has 3 aromatic rings. The molecule has 3 rings (SSSR count). The first-order valence-corrected chi connectivity index (χ1v) is 7.80. The lowest BCUT2D eigenvalue weighted by atomic mass is 10.3. The summed E-state index contributed by atoms with van der Waals surface area (Å²) in [5.41, 5.74) is 0. The van der Waals surface area contributed by atoms with Crippen molar-refractivity contribution in [2.24, 2.45) is 0 Å². The fraction of sp³-hybridized carbons (Fsp3) is 0. The third-order valence-electron chi connectivity index (χ3n) is 2.37. The van der Waals surface area contributed by atoms with Crippen molar-refractivity contribution in [1.82, 2.24) is 15.2 Å². The number of fused-ring (bicyclic) bond motifs is 1. The summed E-state index contributed by atoms with van der Waals surface area (Å²) in [6.07, 6.45) is 1.22. The van der Waals surface area contributed by atoms with Crippen LogP contribution in [0, 0.1) is 0 Å². The van der Waals surface area contributed by atoms with Gasteiger partial charge in [0.25, 0.3) is 10.0 Å². The molecular weight excluding hydrogens is 308 g/mol. The van der Waals surface area contributed by atoms with Crippen molar-refractivity contribution in [2.75, 3.05) is 4.72 Å². The number of H-pyrrole nitrogens is 1. The Morgan fingerprint density at radius 1 is 1.32 bits per heavy atom. The predicted molar refractivity (Wildman–Crippen MR) is 74.0 cm³/mol. The molecule has 0 fully saturated rings. The van der Waals surface area contributed by atoms with E-state index < -0.39 is 10.0 Å². The van der Waals surface area contributed by atoms with Gasteiger partial charge >= 0.3 is 0 Å². The Labute approximate surface area is 117 Å². The minimum Gasteiger partial charge on any atom is -0.247 e. The summed E-state index contributed by atoms with van der Waals surface area (Å²) in [6, 6.07) is 6.81. The molecule has 1 aromatic carbocycles. The van der Waals surface area contributed by atoms with Gasteiger partial charge in [-0.25, -0.2) is 18.2 Å². The van der Waals surface area contributed by atoms with E-state index >= 15 is 0 Å². The fourth-order valence-corrected chi connectivity index (χ4v) is 4.08. The van der Waals surface area contributed by atoms with Crippen molar-refractivity contribution < 1.29 is 8.42 Å². The van der Waals surface area contributed by atoms with Gasteiger partial charge in [-0.15, -0.1) is 11.3 Å². The average molecular weight is 315 g/mol. The number of aromatic nitrogens is 3. The summed E-state index contributed by atoms with van der Waals surface area (Å²) in [5, 5.41) is 7.37. The summed E-state index contributed by atoms with van der Waals surface area (Å²) in [6.45, 7) is 0. The van der Waals surface area contributed by atoms with Crippen LogP contribution in [0.1, 0.15) is 0 Å². The molecule has 0 amide bonds. The van der Waals surface area contributed by atoms with Gasteiger partial charge in [0.15, 0.2) is 0 Å². The Kier molecular flexibility index (Phi) is 2.92. The minimum absolute atomic E-state index is 0.0792. The highest BCUT2D eigenvalue weighted by molar-refractivity contribution is 7.94. The maximum atomic E-state index is 12.1. The highest BCUT2D eigenvalue weighted by atomic mass is 35.5. The van der Waals surface area contributed by atoms with Gasteiger partial charge in [0.05, 0.1) is 0 Å². The zero-order chi connectivity index (χ0) is 13.5. The molecule has 2 N–H and O–H groups in total. The van der Waals surface area contributed by atoms with E-state index in [4.69, 9.17) is 11.6 Å². The van der Waals surface area contributed by atoms with Crippen LogP contribution in [0.5, 0.6) is 0 Å². The molecule has 0 unspecified atom stereocenters. The molecule has 0 aliphatic rings. The second kappa shape index (κ2) is 4.48. The van der Waals surface area contributed by atoms with Crippen molar-refractivity contribution in [1.29, 1.82) is 0 Å². The van der Waals surface area contributed by atoms with Crippen LogP contribution in [-0.2, 0) is 10.0 Å². The number of nitrogens with zero attached hydrogens (tertiary/aromatic N) is 2. The van der Waals surface area contributed by atoms with E-state index in [1.54, 1.807) is 24.3 Å². The molecule has 0 saturated heterocycles. The number of benzene rings is 1. The molecule has 0 bridgehead atoms. The zero-order valence-electron chi connectivity index (χ0n) is 9.29. The quantitative estimate of drug-likeness (QED) is 0.777. The molecule has 0 spiro atoms. The summed E-state index contributed by atoms with van der Waals surface area (Å²) < 4.78 is 27.6. The van der Waals surface area contributed by atoms with Crippen molar-refractivity contribution in [2.45, 2.75) is 4.21 Å². The smallest absolute Gasteiger partial charge is 0.247 e. The maximum Gasteiger partial charge on any atom is 0.273 e. The third kappa shape index (κ3) is 2.42. The lowest BCUT2D eigenvalue weighted by molar-refractivity contribution is 0.603. The van der Waals surface area contributed by atoms with E-state index in [0.717, 1.165) is 21.4 Å². The molecule has 6 nitrogen and oxygen atoms in total. The third-order valence-corrected chi connectivity index (χ3v) is 5.53. The number of hydrogen-bond donors (Lipinski definition) is 2. The van der Waals surface area contributed by atoms with E-state index in [0.29, 0.717) is 5.02 Å². The van der Waals surface area contributed by atoms with Gasteiger partial charge in [-0.1, -0.05) is 11.6 Å². The number of aromatic amines is 1. The number of nitrogens with one attached hydrogen (secondary N) is 2. The summed E-state index contributed by atoms with van der Waals surface area (Å²) >= 11 is 7.04. The first-order chi connectivity index (χ1) is 9.04. The Hall–Kier alpha value is -1.64. The van der Waals surface area contributed by atoms with E-state index in [1.165, 1.54) is 6.33 Å². The largest absolute Gasteiger partial charge is 0.273 e. The maximum absolute atomic E-state index is 12.1. The fourth-order valence-electron chi connectivity index (χ4n) is 1.55. The first kappa shape index (κ1) is 12.4. The van der Waals surface area contributed by atoms with Crippen LogP contribution in [-0.4, -0.2) is 23.6 Å². The van der Waals surface area contributed by atoms with Crippen molar-refractivity contribution in [3.05, 3.63) is 35.6 Å². The predicted octanol–water partition coefficient (Wildman–Crippen LogP) is 2.47. The van der Waals surface area contributed by atoms with Crippen LogP contribution < -0.4 is 4.72 Å². The van der Waals surface area contributed by atoms with E-state index in [9.17, 15) is 8.42 Å². The van der Waals surface area contributed by atoms with Gasteiger partial charge in [-0.2, -0.15) is 10.1 Å². The van der Waals surface area contributed by atoms with Gasteiger partial charge in [-0.3, -0.25) is 0 Å². The van der Waals surface area contributed by atoms with E-state index in [2.05, 4.69) is 19.9 Å². The highest BCUT2D eigenvalue weighted by Gasteiger charge is 2.18. The summed E-state index contributed by atoms with van der Waals surface area (Å²) in [5.74, 6) is 0.0792. The van der Waals surface area contributed by atoms with E-state index in [1.807, 2.05) is 0 Å². The molecule has 2 heterocycles. The van der Waals surface area contributed by atoms with E-state index in [-0.39, 0.29) is 10.2 Å². The Morgan fingerprint density at radius 3 is 2.89 bits per heavy atom. The molecule has 0 aliphatic heterocycles. The molecule has 0 aliphatic carbocycles. The van der Waals surface area contributed by atoms with Crippen LogP contribution >= 0.6 is 22.9 Å². The molecule has 0 atom stereocenters. The van der Waals surface area contributed by atoms with Crippen LogP contribution in [0.4, 0.5) is 5.95 Å². The number of hydrogen-bond acceptors (Lipinski definition) is 5. The van der Waals surface area contributed by atoms with Gasteiger partial charge in [0, 0.05) is 9.72 Å². The number of thiophene rings is 1. The van der Waals surface area contributed by atoms with Crippen LogP contribution in [0.3, 0.4) is 0 Å². The average Bonchev–Trinajstić information content (AvgIpc) is 2.96. The Bertz CT molecular complexity index is 826. The number of anilines is 1. The van der Waals surface area contributed by atoms with Gasteiger partial charge in [0.2, 0.25) is 5.95 Å². The number of rotatable bonds is 3. The molecule has 98 valence electrons. The SMILES string of the molecule is O=S(=O)(Nc1ncn[nH]1)c1cc2cc(Cl)ccc2s1. The van der Waals surface area contributed by atoms with Crippen molar-refractivity contribution >= 4 is 49.0 Å². The Balaban J connectivity index is 2.03. The first-order valence-electron chi connectivity index (χ1n) is 5.12. The van der Waals surface area contributed by atoms with Crippen LogP contribution in [0.15, 0.2) is 34.8 Å². The van der Waals surface area contributed by atoms with Crippen molar-refractivity contribution in [3.8, 4) is 0 Å². The normalized spacial score (nSPS) is 11.8. The molecule has 9 heteroatoms. The number of sulfonamides is 1. The highest BCUT2D eigenvalue weighted by Crippen LogP contribution is 2.31. The number of halogens is 1. The zero-order valence-corrected chi connectivity index (χ0v) is 11.7.